The van der Waals surface area contributed by atoms with E-state index >= 15 is 0 Å². The van der Waals surface area contributed by atoms with Gasteiger partial charge in [-0.1, -0.05) is 11.6 Å². The zero-order valence-electron chi connectivity index (χ0n) is 11.3. The first-order chi connectivity index (χ1) is 10.6. The van der Waals surface area contributed by atoms with E-state index < -0.39 is 17.7 Å². The molecule has 0 unspecified atom stereocenters. The van der Waals surface area contributed by atoms with Crippen LogP contribution in [0.3, 0.4) is 0 Å². The van der Waals surface area contributed by atoms with Crippen molar-refractivity contribution < 1.29 is 18.8 Å². The van der Waals surface area contributed by atoms with Gasteiger partial charge >= 0.3 is 0 Å². The lowest BCUT2D eigenvalue weighted by molar-refractivity contribution is -0.120. The average molecular weight is 322 g/mol. The molecule has 0 radical (unpaired) electrons. The normalized spacial score (nSPS) is 9.86. The second-order valence-corrected chi connectivity index (χ2v) is 4.64. The summed E-state index contributed by atoms with van der Waals surface area (Å²) in [5.41, 5.74) is 5.06. The summed E-state index contributed by atoms with van der Waals surface area (Å²) in [5, 5.41) is 2.88. The van der Waals surface area contributed by atoms with Crippen LogP contribution >= 0.6 is 11.6 Å². The topological polar surface area (TPSA) is 100 Å². The number of hydrogen-bond acceptors (Lipinski definition) is 4. The van der Waals surface area contributed by atoms with Gasteiger partial charge in [0.05, 0.1) is 18.4 Å². The zero-order chi connectivity index (χ0) is 15.9. The molecule has 3 amide bonds. The van der Waals surface area contributed by atoms with Crippen molar-refractivity contribution in [2.24, 2.45) is 0 Å². The molecule has 0 saturated carbocycles. The minimum atomic E-state index is -0.570. The second kappa shape index (κ2) is 7.28. The van der Waals surface area contributed by atoms with Gasteiger partial charge in [-0.3, -0.25) is 25.2 Å². The molecule has 0 spiro atoms. The molecule has 2 aromatic rings. The first-order valence-electron chi connectivity index (χ1n) is 6.21. The highest BCUT2D eigenvalue weighted by Gasteiger charge is 2.10. The molecule has 2 rings (SSSR count). The molecule has 0 aliphatic heterocycles. The number of rotatable bonds is 4. The van der Waals surface area contributed by atoms with E-state index in [9.17, 15) is 14.4 Å². The van der Waals surface area contributed by atoms with Crippen molar-refractivity contribution in [2.75, 3.05) is 6.54 Å². The number of amides is 3. The van der Waals surface area contributed by atoms with Gasteiger partial charge in [-0.05, 0) is 30.3 Å². The fourth-order valence-electron chi connectivity index (χ4n) is 1.50. The van der Waals surface area contributed by atoms with Crippen molar-refractivity contribution in [1.82, 2.24) is 16.2 Å². The summed E-state index contributed by atoms with van der Waals surface area (Å²) in [5.74, 6) is -1.52. The van der Waals surface area contributed by atoms with Crippen LogP contribution in [0.15, 0.2) is 47.3 Å². The van der Waals surface area contributed by atoms with Crippen LogP contribution in [-0.4, -0.2) is 24.3 Å². The molecule has 0 aliphatic rings. The number of nitrogens with one attached hydrogen (secondary N) is 3. The van der Waals surface area contributed by atoms with Gasteiger partial charge in [-0.15, -0.1) is 0 Å². The molecule has 1 aromatic heterocycles. The molecule has 3 N–H and O–H groups in total. The molecule has 0 saturated heterocycles. The average Bonchev–Trinajstić information content (AvgIpc) is 3.05. The van der Waals surface area contributed by atoms with Crippen LogP contribution in [0, 0.1) is 0 Å². The van der Waals surface area contributed by atoms with Crippen LogP contribution in [0.25, 0.3) is 0 Å². The largest absolute Gasteiger partial charge is 0.472 e. The number of hydrazine groups is 1. The molecule has 8 heteroatoms. The summed E-state index contributed by atoms with van der Waals surface area (Å²) in [4.78, 5) is 34.8. The second-order valence-electron chi connectivity index (χ2n) is 4.20. The Morgan fingerprint density at radius 2 is 1.68 bits per heavy atom. The smallest absolute Gasteiger partial charge is 0.269 e. The van der Waals surface area contributed by atoms with Crippen molar-refractivity contribution in [3.8, 4) is 0 Å². The van der Waals surface area contributed by atoms with E-state index in [1.165, 1.54) is 30.7 Å². The fraction of sp³-hybridized carbons (Fsp3) is 0.0714. The van der Waals surface area contributed by atoms with Crippen LogP contribution in [0.1, 0.15) is 20.7 Å². The lowest BCUT2D eigenvalue weighted by Crippen LogP contribution is -2.46. The van der Waals surface area contributed by atoms with E-state index in [0.717, 1.165) is 0 Å². The molecule has 22 heavy (non-hydrogen) atoms. The summed E-state index contributed by atoms with van der Waals surface area (Å²) in [6, 6.07) is 7.62. The SMILES string of the molecule is O=C(CNC(=O)c1ccoc1)NNC(=O)c1ccc(Cl)cc1. The Labute approximate surface area is 130 Å². The molecule has 7 nitrogen and oxygen atoms in total. The van der Waals surface area contributed by atoms with Crippen LogP contribution < -0.4 is 16.2 Å². The van der Waals surface area contributed by atoms with Crippen molar-refractivity contribution in [3.05, 3.63) is 59.0 Å². The molecule has 1 aromatic carbocycles. The maximum Gasteiger partial charge on any atom is 0.269 e. The van der Waals surface area contributed by atoms with E-state index in [-0.39, 0.29) is 6.54 Å². The maximum absolute atomic E-state index is 11.7. The fourth-order valence-corrected chi connectivity index (χ4v) is 1.63. The quantitative estimate of drug-likeness (QED) is 0.735. The Bertz CT molecular complexity index is 668. The Morgan fingerprint density at radius 3 is 2.32 bits per heavy atom. The molecule has 0 fully saturated rings. The molecule has 0 atom stereocenters. The molecule has 114 valence electrons. The minimum Gasteiger partial charge on any atom is -0.472 e. The van der Waals surface area contributed by atoms with Gasteiger partial charge in [-0.25, -0.2) is 0 Å². The highest BCUT2D eigenvalue weighted by atomic mass is 35.5. The van der Waals surface area contributed by atoms with E-state index in [1.807, 2.05) is 0 Å². The maximum atomic E-state index is 11.7. The van der Waals surface area contributed by atoms with E-state index in [2.05, 4.69) is 16.2 Å². The van der Waals surface area contributed by atoms with Crippen LogP contribution in [0.4, 0.5) is 0 Å². The van der Waals surface area contributed by atoms with Crippen molar-refractivity contribution in [3.63, 3.8) is 0 Å². The molecule has 1 heterocycles. The zero-order valence-corrected chi connectivity index (χ0v) is 12.0. The Balaban J connectivity index is 1.74. The highest BCUT2D eigenvalue weighted by Crippen LogP contribution is 2.08. The number of furan rings is 1. The lowest BCUT2D eigenvalue weighted by Gasteiger charge is -2.08. The monoisotopic (exact) mass is 321 g/mol. The van der Waals surface area contributed by atoms with E-state index in [1.54, 1.807) is 12.1 Å². The number of carbonyl (C=O) groups excluding carboxylic acids is 3. The Hall–Kier alpha value is -2.80. The van der Waals surface area contributed by atoms with Gasteiger partial charge < -0.3 is 9.73 Å². The standard InChI is InChI=1S/C14H12ClN3O4/c15-11-3-1-9(2-4-11)14(21)18-17-12(19)7-16-13(20)10-5-6-22-8-10/h1-6,8H,7H2,(H,16,20)(H,17,19)(H,18,21). The Morgan fingerprint density at radius 1 is 0.955 bits per heavy atom. The third-order valence-electron chi connectivity index (χ3n) is 2.61. The van der Waals surface area contributed by atoms with Crippen molar-refractivity contribution in [2.45, 2.75) is 0 Å². The molecule has 0 bridgehead atoms. The summed E-state index contributed by atoms with van der Waals surface area (Å²) in [6.45, 7) is -0.287. The van der Waals surface area contributed by atoms with E-state index in [0.29, 0.717) is 16.1 Å². The third kappa shape index (κ3) is 4.35. The van der Waals surface area contributed by atoms with Gasteiger partial charge in [-0.2, -0.15) is 0 Å². The van der Waals surface area contributed by atoms with Crippen molar-refractivity contribution in [1.29, 1.82) is 0 Å². The van der Waals surface area contributed by atoms with Gasteiger partial charge in [0.15, 0.2) is 0 Å². The summed E-state index contributed by atoms with van der Waals surface area (Å²) < 4.78 is 4.75. The van der Waals surface area contributed by atoms with Crippen molar-refractivity contribution >= 4 is 29.3 Å². The predicted octanol–water partition coefficient (Wildman–Crippen LogP) is 1.12. The predicted molar refractivity (Wildman–Crippen MR) is 78.1 cm³/mol. The molecular formula is C14H12ClN3O4. The number of halogens is 1. The number of carbonyl (C=O) groups is 3. The minimum absolute atomic E-state index is 0.287. The molecule has 0 aliphatic carbocycles. The summed E-state index contributed by atoms with van der Waals surface area (Å²) in [7, 11) is 0. The van der Waals surface area contributed by atoms with Gasteiger partial charge in [0, 0.05) is 10.6 Å². The van der Waals surface area contributed by atoms with Gasteiger partial charge in [0.1, 0.15) is 6.26 Å². The van der Waals surface area contributed by atoms with E-state index in [4.69, 9.17) is 16.0 Å². The van der Waals surface area contributed by atoms with Gasteiger partial charge in [0.25, 0.3) is 17.7 Å². The van der Waals surface area contributed by atoms with Crippen LogP contribution in [0.5, 0.6) is 0 Å². The van der Waals surface area contributed by atoms with Crippen LogP contribution in [0.2, 0.25) is 5.02 Å². The Kier molecular flexibility index (Phi) is 5.16. The highest BCUT2D eigenvalue weighted by molar-refractivity contribution is 6.30. The van der Waals surface area contributed by atoms with Gasteiger partial charge in [0.2, 0.25) is 0 Å². The van der Waals surface area contributed by atoms with Crippen LogP contribution in [-0.2, 0) is 4.79 Å². The first-order valence-corrected chi connectivity index (χ1v) is 6.59. The lowest BCUT2D eigenvalue weighted by atomic mass is 10.2. The summed E-state index contributed by atoms with van der Waals surface area (Å²) >= 11 is 5.71. The third-order valence-corrected chi connectivity index (χ3v) is 2.87. The molecular weight excluding hydrogens is 310 g/mol. The number of hydrogen-bond donors (Lipinski definition) is 3. The first kappa shape index (κ1) is 15.6. The summed E-state index contributed by atoms with van der Waals surface area (Å²) in [6.07, 6.45) is 2.61. The number of benzene rings is 1.